The summed E-state index contributed by atoms with van der Waals surface area (Å²) in [6.45, 7) is 0. The quantitative estimate of drug-likeness (QED) is 0.779. The molecule has 0 radical (unpaired) electrons. The molecule has 0 aliphatic heterocycles. The number of benzene rings is 1. The lowest BCUT2D eigenvalue weighted by Crippen LogP contribution is -2.10. The Morgan fingerprint density at radius 1 is 1.35 bits per heavy atom. The fourth-order valence-electron chi connectivity index (χ4n) is 1.34. The minimum Gasteiger partial charge on any atom is -0.266 e. The summed E-state index contributed by atoms with van der Waals surface area (Å²) in [5.41, 5.74) is 0.589. The van der Waals surface area contributed by atoms with E-state index in [1.165, 1.54) is 23.1 Å². The van der Waals surface area contributed by atoms with Crippen LogP contribution in [0.5, 0.6) is 0 Å². The van der Waals surface area contributed by atoms with Crippen molar-refractivity contribution in [3.63, 3.8) is 0 Å². The van der Waals surface area contributed by atoms with Crippen LogP contribution in [-0.2, 0) is 0 Å². The predicted molar refractivity (Wildman–Crippen MR) is 70.3 cm³/mol. The lowest BCUT2D eigenvalue weighted by atomic mass is 10.2. The summed E-state index contributed by atoms with van der Waals surface area (Å²) in [5.74, 6) is 0. The molecule has 0 atom stereocenters. The minimum absolute atomic E-state index is 0.141. The molecule has 1 aromatic heterocycles. The minimum atomic E-state index is -0.450. The van der Waals surface area contributed by atoms with Crippen molar-refractivity contribution in [3.8, 4) is 16.6 Å². The van der Waals surface area contributed by atoms with Crippen molar-refractivity contribution in [1.29, 1.82) is 5.26 Å². The van der Waals surface area contributed by atoms with E-state index in [0.29, 0.717) is 9.22 Å². The average Bonchev–Trinajstić information content (AvgIpc) is 2.38. The maximum Gasteiger partial charge on any atom is 0.291 e. The summed E-state index contributed by atoms with van der Waals surface area (Å²) in [4.78, 5) is 15.6. The highest BCUT2D eigenvalue weighted by Crippen LogP contribution is 2.29. The van der Waals surface area contributed by atoms with Crippen molar-refractivity contribution in [2.45, 2.75) is 4.21 Å². The van der Waals surface area contributed by atoms with E-state index < -0.39 is 5.56 Å². The van der Waals surface area contributed by atoms with Crippen LogP contribution in [0.1, 0.15) is 5.56 Å². The van der Waals surface area contributed by atoms with E-state index in [-0.39, 0.29) is 5.56 Å². The van der Waals surface area contributed by atoms with E-state index in [1.54, 1.807) is 0 Å². The number of thioether (sulfide) groups is 1. The van der Waals surface area contributed by atoms with Gasteiger partial charge in [0.1, 0.15) is 16.6 Å². The van der Waals surface area contributed by atoms with Gasteiger partial charge in [0.2, 0.25) is 0 Å². The van der Waals surface area contributed by atoms with Crippen LogP contribution in [0.3, 0.4) is 0 Å². The van der Waals surface area contributed by atoms with Crippen LogP contribution in [0, 0.1) is 11.3 Å². The fourth-order valence-corrected chi connectivity index (χ4v) is 3.04. The van der Waals surface area contributed by atoms with Crippen LogP contribution in [0.25, 0.3) is 10.6 Å². The molecule has 84 valence electrons. The topological polar surface area (TPSA) is 53.8 Å². The van der Waals surface area contributed by atoms with E-state index in [9.17, 15) is 4.79 Å². The Labute approximate surface area is 107 Å². The van der Waals surface area contributed by atoms with Gasteiger partial charge in [0.25, 0.3) is 5.56 Å². The maximum atomic E-state index is 11.7. The van der Waals surface area contributed by atoms with E-state index in [4.69, 9.17) is 5.26 Å². The molecule has 0 aliphatic carbocycles. The second-order valence-electron chi connectivity index (χ2n) is 3.17. The van der Waals surface area contributed by atoms with Crippen LogP contribution in [0.2, 0.25) is 0 Å². The first-order valence-electron chi connectivity index (χ1n) is 4.81. The zero-order valence-corrected chi connectivity index (χ0v) is 10.6. The molecule has 1 heterocycles. The van der Waals surface area contributed by atoms with Crippen molar-refractivity contribution in [3.05, 3.63) is 46.2 Å². The molecule has 5 heteroatoms. The molecule has 0 fully saturated rings. The Bertz CT molecular complexity index is 629. The van der Waals surface area contributed by atoms with Gasteiger partial charge in [-0.1, -0.05) is 30.3 Å². The molecule has 0 unspecified atom stereocenters. The van der Waals surface area contributed by atoms with Crippen molar-refractivity contribution >= 4 is 23.1 Å². The normalized spacial score (nSPS) is 9.88. The van der Waals surface area contributed by atoms with Gasteiger partial charge >= 0.3 is 0 Å². The van der Waals surface area contributed by atoms with Gasteiger partial charge in [-0.2, -0.15) is 10.2 Å². The SMILES string of the molecule is CSc1sc(-c2ccccc2)nc(=O)c1C#N. The van der Waals surface area contributed by atoms with E-state index in [2.05, 4.69) is 4.98 Å². The molecule has 2 aromatic rings. The third-order valence-corrected chi connectivity index (χ3v) is 4.36. The molecule has 0 saturated heterocycles. The first-order chi connectivity index (χ1) is 8.26. The summed E-state index contributed by atoms with van der Waals surface area (Å²) in [5, 5.41) is 9.55. The highest BCUT2D eigenvalue weighted by Gasteiger charge is 2.11. The molecule has 17 heavy (non-hydrogen) atoms. The molecule has 0 N–H and O–H groups in total. The number of hydrogen-bond donors (Lipinski definition) is 0. The van der Waals surface area contributed by atoms with Crippen molar-refractivity contribution in [1.82, 2.24) is 4.98 Å². The van der Waals surface area contributed by atoms with Gasteiger partial charge in [0.05, 0.1) is 4.21 Å². The third-order valence-electron chi connectivity index (χ3n) is 2.13. The van der Waals surface area contributed by atoms with Crippen LogP contribution >= 0.6 is 23.1 Å². The van der Waals surface area contributed by atoms with Crippen LogP contribution < -0.4 is 5.56 Å². The van der Waals surface area contributed by atoms with E-state index in [0.717, 1.165) is 5.56 Å². The second-order valence-corrected chi connectivity index (χ2v) is 5.24. The summed E-state index contributed by atoms with van der Waals surface area (Å²) in [6.07, 6.45) is 1.85. The third kappa shape index (κ3) is 2.38. The Kier molecular flexibility index (Phi) is 3.57. The van der Waals surface area contributed by atoms with Gasteiger partial charge < -0.3 is 0 Å². The van der Waals surface area contributed by atoms with Crippen molar-refractivity contribution in [2.75, 3.05) is 6.26 Å². The molecule has 0 bridgehead atoms. The monoisotopic (exact) mass is 260 g/mol. The van der Waals surface area contributed by atoms with Crippen molar-refractivity contribution in [2.24, 2.45) is 0 Å². The number of hydrogen-bond acceptors (Lipinski definition) is 5. The molecule has 3 nitrogen and oxygen atoms in total. The molecule has 2 rings (SSSR count). The molecule has 0 spiro atoms. The fraction of sp³-hybridized carbons (Fsp3) is 0.0833. The maximum absolute atomic E-state index is 11.7. The summed E-state index contributed by atoms with van der Waals surface area (Å²) >= 11 is 2.77. The predicted octanol–water partition coefficient (Wildman–Crippen LogP) is 2.76. The smallest absolute Gasteiger partial charge is 0.266 e. The molecule has 0 aliphatic rings. The Morgan fingerprint density at radius 2 is 2.06 bits per heavy atom. The molecular formula is C12H8N2OS2. The number of aromatic nitrogens is 1. The van der Waals surface area contributed by atoms with Crippen molar-refractivity contribution < 1.29 is 0 Å². The van der Waals surface area contributed by atoms with Gasteiger partial charge in [-0.15, -0.1) is 23.1 Å². The summed E-state index contributed by atoms with van der Waals surface area (Å²) in [7, 11) is 0. The summed E-state index contributed by atoms with van der Waals surface area (Å²) in [6, 6.07) is 11.4. The van der Waals surface area contributed by atoms with Gasteiger partial charge in [0, 0.05) is 5.56 Å². The summed E-state index contributed by atoms with van der Waals surface area (Å²) < 4.78 is 0.714. The first kappa shape index (κ1) is 11.8. The highest BCUT2D eigenvalue weighted by atomic mass is 32.2. The zero-order valence-electron chi connectivity index (χ0n) is 9.01. The van der Waals surface area contributed by atoms with Gasteiger partial charge in [-0.3, -0.25) is 4.79 Å². The Balaban J connectivity index is 2.64. The standard InChI is InChI=1S/C12H8N2OS2/c1-16-12-9(7-13)10(15)14-11(17-12)8-5-3-2-4-6-8/h2-6H,1H3. The largest absolute Gasteiger partial charge is 0.291 e. The van der Waals surface area contributed by atoms with Gasteiger partial charge in [-0.05, 0) is 6.26 Å². The van der Waals surface area contributed by atoms with Crippen LogP contribution in [0.4, 0.5) is 0 Å². The number of nitriles is 1. The van der Waals surface area contributed by atoms with Gasteiger partial charge in [0.15, 0.2) is 0 Å². The number of nitrogens with zero attached hydrogens (tertiary/aromatic N) is 2. The van der Waals surface area contributed by atoms with E-state index >= 15 is 0 Å². The average molecular weight is 260 g/mol. The molecule has 0 amide bonds. The van der Waals surface area contributed by atoms with Crippen LogP contribution in [0.15, 0.2) is 39.3 Å². The zero-order chi connectivity index (χ0) is 12.3. The molecular weight excluding hydrogens is 252 g/mol. The molecule has 0 saturated carbocycles. The Morgan fingerprint density at radius 3 is 2.65 bits per heavy atom. The number of rotatable bonds is 2. The first-order valence-corrected chi connectivity index (χ1v) is 6.85. The van der Waals surface area contributed by atoms with E-state index in [1.807, 2.05) is 42.7 Å². The lowest BCUT2D eigenvalue weighted by molar-refractivity contribution is 1.23. The molecule has 1 aromatic carbocycles. The second kappa shape index (κ2) is 5.13. The van der Waals surface area contributed by atoms with Crippen LogP contribution in [-0.4, -0.2) is 11.2 Å². The lowest BCUT2D eigenvalue weighted by Gasteiger charge is -2.02. The Hall–Kier alpha value is -1.64. The van der Waals surface area contributed by atoms with Gasteiger partial charge in [-0.25, -0.2) is 0 Å². The highest BCUT2D eigenvalue weighted by molar-refractivity contribution is 8.00.